The predicted octanol–water partition coefficient (Wildman–Crippen LogP) is 1.19. The lowest BCUT2D eigenvalue weighted by Crippen LogP contribution is -3.00. The van der Waals surface area contributed by atoms with Crippen LogP contribution in [0, 0.1) is 19.7 Å². The first-order chi connectivity index (χ1) is 9.15. The molecular formula is C14H12ClFN3S-. The van der Waals surface area contributed by atoms with Crippen LogP contribution >= 0.6 is 11.3 Å². The van der Waals surface area contributed by atoms with E-state index in [2.05, 4.69) is 29.1 Å². The molecule has 0 fully saturated rings. The number of nitrogens with zero attached hydrogens (tertiary/aromatic N) is 2. The van der Waals surface area contributed by atoms with E-state index < -0.39 is 0 Å². The van der Waals surface area contributed by atoms with Crippen molar-refractivity contribution in [2.75, 3.05) is 5.32 Å². The minimum atomic E-state index is -0.249. The first-order valence-corrected chi connectivity index (χ1v) is 6.70. The van der Waals surface area contributed by atoms with E-state index in [0.29, 0.717) is 0 Å². The fraction of sp³-hybridized carbons (Fsp3) is 0.143. The summed E-state index contributed by atoms with van der Waals surface area (Å²) in [4.78, 5) is 10.8. The van der Waals surface area contributed by atoms with E-state index in [0.717, 1.165) is 21.7 Å². The van der Waals surface area contributed by atoms with Gasteiger partial charge in [-0.1, -0.05) is 0 Å². The van der Waals surface area contributed by atoms with Gasteiger partial charge < -0.3 is 17.7 Å². The Balaban J connectivity index is 0.00000147. The monoisotopic (exact) mass is 308 g/mol. The standard InChI is InChI=1S/C14H12FN3S.ClH/c1-8-9(2)19-14-12(8)13(16-7-17-14)18-11-5-3-10(15)4-6-11;/h3-7H,1-2H3,(H,16,17,18);1H/p-1. The number of hydrogen-bond acceptors (Lipinski definition) is 4. The van der Waals surface area contributed by atoms with Gasteiger partial charge in [0.25, 0.3) is 0 Å². The summed E-state index contributed by atoms with van der Waals surface area (Å²) in [6.45, 7) is 4.14. The van der Waals surface area contributed by atoms with Gasteiger partial charge in [0, 0.05) is 10.6 Å². The fourth-order valence-electron chi connectivity index (χ4n) is 1.95. The lowest BCUT2D eigenvalue weighted by molar-refractivity contribution is -0.00000453. The molecule has 6 heteroatoms. The summed E-state index contributed by atoms with van der Waals surface area (Å²) in [6.07, 6.45) is 1.55. The Morgan fingerprint density at radius 2 is 1.80 bits per heavy atom. The summed E-state index contributed by atoms with van der Waals surface area (Å²) in [7, 11) is 0. The number of anilines is 2. The molecule has 1 aromatic carbocycles. The van der Waals surface area contributed by atoms with Gasteiger partial charge in [-0.3, -0.25) is 0 Å². The predicted molar refractivity (Wildman–Crippen MR) is 76.6 cm³/mol. The first kappa shape index (κ1) is 14.7. The normalized spacial score (nSPS) is 10.3. The van der Waals surface area contributed by atoms with Crippen molar-refractivity contribution in [1.29, 1.82) is 0 Å². The van der Waals surface area contributed by atoms with Crippen molar-refractivity contribution in [3.63, 3.8) is 0 Å². The smallest absolute Gasteiger partial charge is 0.142 e. The SMILES string of the molecule is Cc1sc2ncnc(Nc3ccc(F)cc3)c2c1C.[Cl-]. The Morgan fingerprint density at radius 1 is 1.10 bits per heavy atom. The van der Waals surface area contributed by atoms with E-state index in [1.165, 1.54) is 22.6 Å². The molecule has 0 saturated heterocycles. The maximum absolute atomic E-state index is 12.9. The zero-order chi connectivity index (χ0) is 13.4. The third-order valence-electron chi connectivity index (χ3n) is 3.07. The molecule has 0 saturated carbocycles. The molecule has 0 amide bonds. The molecule has 0 aliphatic rings. The van der Waals surface area contributed by atoms with Crippen LogP contribution in [0.4, 0.5) is 15.9 Å². The van der Waals surface area contributed by atoms with E-state index in [1.807, 2.05) is 0 Å². The van der Waals surface area contributed by atoms with Gasteiger partial charge in [-0.2, -0.15) is 0 Å². The Kier molecular flexibility index (Phi) is 4.20. The second-order valence-corrected chi connectivity index (χ2v) is 5.52. The van der Waals surface area contributed by atoms with Gasteiger partial charge in [-0.05, 0) is 43.7 Å². The molecular weight excluding hydrogens is 297 g/mol. The minimum Gasteiger partial charge on any atom is -1.00 e. The molecule has 1 N–H and O–H groups in total. The highest BCUT2D eigenvalue weighted by Crippen LogP contribution is 2.33. The van der Waals surface area contributed by atoms with Crippen molar-refractivity contribution < 1.29 is 16.8 Å². The number of fused-ring (bicyclic) bond motifs is 1. The zero-order valence-electron chi connectivity index (χ0n) is 10.9. The van der Waals surface area contributed by atoms with Crippen LogP contribution in [0.15, 0.2) is 30.6 Å². The molecule has 20 heavy (non-hydrogen) atoms. The average molecular weight is 309 g/mol. The molecule has 0 spiro atoms. The van der Waals surface area contributed by atoms with Crippen molar-refractivity contribution in [1.82, 2.24) is 9.97 Å². The van der Waals surface area contributed by atoms with E-state index in [-0.39, 0.29) is 18.2 Å². The molecule has 3 aromatic rings. The van der Waals surface area contributed by atoms with Gasteiger partial charge in [-0.15, -0.1) is 11.3 Å². The Hall–Kier alpha value is -1.72. The van der Waals surface area contributed by atoms with Crippen molar-refractivity contribution in [2.45, 2.75) is 13.8 Å². The van der Waals surface area contributed by atoms with Crippen LogP contribution in [0.1, 0.15) is 10.4 Å². The molecule has 0 aliphatic carbocycles. The molecule has 0 bridgehead atoms. The highest BCUT2D eigenvalue weighted by Gasteiger charge is 2.11. The third-order valence-corrected chi connectivity index (χ3v) is 4.19. The van der Waals surface area contributed by atoms with Crippen LogP contribution in [-0.2, 0) is 0 Å². The molecule has 3 nitrogen and oxygen atoms in total. The van der Waals surface area contributed by atoms with Crippen molar-refractivity contribution in [3.8, 4) is 0 Å². The maximum Gasteiger partial charge on any atom is 0.142 e. The van der Waals surface area contributed by atoms with Gasteiger partial charge in [0.1, 0.15) is 22.8 Å². The molecule has 2 aromatic heterocycles. The summed E-state index contributed by atoms with van der Waals surface area (Å²) in [5.41, 5.74) is 2.00. The fourth-order valence-corrected chi connectivity index (χ4v) is 2.94. The first-order valence-electron chi connectivity index (χ1n) is 5.88. The van der Waals surface area contributed by atoms with Crippen molar-refractivity contribution in [2.24, 2.45) is 0 Å². The number of aryl methyl sites for hydroxylation is 2. The van der Waals surface area contributed by atoms with Crippen LogP contribution in [0.5, 0.6) is 0 Å². The third kappa shape index (κ3) is 2.59. The van der Waals surface area contributed by atoms with Crippen LogP contribution in [0.3, 0.4) is 0 Å². The second kappa shape index (κ2) is 5.73. The quantitative estimate of drug-likeness (QED) is 0.773. The topological polar surface area (TPSA) is 37.8 Å². The largest absolute Gasteiger partial charge is 1.00 e. The summed E-state index contributed by atoms with van der Waals surface area (Å²) in [5, 5.41) is 4.25. The average Bonchev–Trinajstić information content (AvgIpc) is 2.69. The number of hydrogen-bond donors (Lipinski definition) is 1. The van der Waals surface area contributed by atoms with Crippen molar-refractivity contribution in [3.05, 3.63) is 46.9 Å². The summed E-state index contributed by atoms with van der Waals surface area (Å²) < 4.78 is 12.9. The maximum atomic E-state index is 12.9. The van der Waals surface area contributed by atoms with Gasteiger partial charge in [-0.25, -0.2) is 14.4 Å². The highest BCUT2D eigenvalue weighted by molar-refractivity contribution is 7.18. The number of aromatic nitrogens is 2. The van der Waals surface area contributed by atoms with Crippen molar-refractivity contribution >= 4 is 33.1 Å². The van der Waals surface area contributed by atoms with E-state index >= 15 is 0 Å². The summed E-state index contributed by atoms with van der Waals surface area (Å²) in [6, 6.07) is 6.23. The van der Waals surface area contributed by atoms with E-state index in [1.54, 1.807) is 29.8 Å². The Bertz CT molecular complexity index is 740. The number of halogens is 2. The zero-order valence-corrected chi connectivity index (χ0v) is 12.5. The van der Waals surface area contributed by atoms with Crippen LogP contribution in [-0.4, -0.2) is 9.97 Å². The molecule has 0 aliphatic heterocycles. The number of thiophene rings is 1. The molecule has 3 rings (SSSR count). The Morgan fingerprint density at radius 3 is 2.50 bits per heavy atom. The van der Waals surface area contributed by atoms with E-state index in [4.69, 9.17) is 0 Å². The minimum absolute atomic E-state index is 0. The summed E-state index contributed by atoms with van der Waals surface area (Å²) >= 11 is 1.65. The van der Waals surface area contributed by atoms with Crippen LogP contribution < -0.4 is 17.7 Å². The Labute approximate surface area is 126 Å². The van der Waals surface area contributed by atoms with Crippen LogP contribution in [0.25, 0.3) is 10.2 Å². The van der Waals surface area contributed by atoms with Gasteiger partial charge in [0.15, 0.2) is 0 Å². The van der Waals surface area contributed by atoms with Gasteiger partial charge in [0.05, 0.1) is 5.39 Å². The molecule has 0 atom stereocenters. The number of benzene rings is 1. The van der Waals surface area contributed by atoms with Crippen LogP contribution in [0.2, 0.25) is 0 Å². The molecule has 0 radical (unpaired) electrons. The number of rotatable bonds is 2. The number of nitrogens with one attached hydrogen (secondary N) is 1. The van der Waals surface area contributed by atoms with E-state index in [9.17, 15) is 4.39 Å². The molecule has 0 unspecified atom stereocenters. The molecule has 2 heterocycles. The molecule has 104 valence electrons. The van der Waals surface area contributed by atoms with Gasteiger partial charge in [0.2, 0.25) is 0 Å². The lowest BCUT2D eigenvalue weighted by Gasteiger charge is -2.07. The summed E-state index contributed by atoms with van der Waals surface area (Å²) in [5.74, 6) is 0.513. The second-order valence-electron chi connectivity index (χ2n) is 4.32. The lowest BCUT2D eigenvalue weighted by atomic mass is 10.2. The van der Waals surface area contributed by atoms with Gasteiger partial charge >= 0.3 is 0 Å². The highest BCUT2D eigenvalue weighted by atomic mass is 35.5.